The fraction of sp³-hybridized carbons (Fsp3) is 0.812. The number of rotatable bonds is 30. The summed E-state index contributed by atoms with van der Waals surface area (Å²) in [5, 5.41) is 26.5. The number of allylic oxidation sites excluding steroid dienone is 5. The number of nitrogens with zero attached hydrogens (tertiary/aromatic N) is 1. The highest BCUT2D eigenvalue weighted by molar-refractivity contribution is 6.39. The first kappa shape index (κ1) is 80.4. The topological polar surface area (TPSA) is 270 Å². The lowest BCUT2D eigenvalue weighted by Gasteiger charge is -2.43. The zero-order valence-corrected chi connectivity index (χ0v) is 57.5. The molecule has 1 unspecified atom stereocenters. The van der Waals surface area contributed by atoms with Crippen LogP contribution in [-0.4, -0.2) is 239 Å². The number of nitrogens with one attached hydrogen (secondary N) is 1. The average Bonchev–Trinajstić information content (AvgIpc) is 0.901. The Morgan fingerprint density at radius 2 is 1.29 bits per heavy atom. The van der Waals surface area contributed by atoms with Crippen molar-refractivity contribution in [3.05, 3.63) is 47.6 Å². The third-order valence-corrected chi connectivity index (χ3v) is 18.1. The van der Waals surface area contributed by atoms with Crippen LogP contribution in [0.3, 0.4) is 0 Å². The fourth-order valence-corrected chi connectivity index (χ4v) is 12.6. The second-order valence-electron chi connectivity index (χ2n) is 25.2. The number of aliphatic hydroxyl groups excluding tert-OH is 1. The lowest BCUT2D eigenvalue weighted by Crippen LogP contribution is -2.61. The van der Waals surface area contributed by atoms with Crippen LogP contribution >= 0.6 is 0 Å². The summed E-state index contributed by atoms with van der Waals surface area (Å²) in [6, 6.07) is -1.12. The van der Waals surface area contributed by atoms with Crippen molar-refractivity contribution in [2.45, 2.75) is 193 Å². The van der Waals surface area contributed by atoms with Crippen molar-refractivity contribution in [3.8, 4) is 0 Å². The smallest absolute Gasteiger partial charge is 0.407 e. The van der Waals surface area contributed by atoms with Gasteiger partial charge in [0.25, 0.3) is 11.7 Å². The molecule has 3 N–H and O–H groups in total. The minimum atomic E-state index is -2.44. The van der Waals surface area contributed by atoms with E-state index in [9.17, 15) is 34.2 Å². The number of esters is 1. The molecule has 23 heteroatoms. The Balaban J connectivity index is 1.40. The van der Waals surface area contributed by atoms with E-state index in [1.807, 2.05) is 78.0 Å². The molecule has 0 radical (unpaired) electrons. The van der Waals surface area contributed by atoms with Gasteiger partial charge in [-0.2, -0.15) is 0 Å². The van der Waals surface area contributed by atoms with Crippen molar-refractivity contribution in [1.82, 2.24) is 10.2 Å². The van der Waals surface area contributed by atoms with Gasteiger partial charge in [-0.1, -0.05) is 71.1 Å². The summed E-state index contributed by atoms with van der Waals surface area (Å²) in [7, 11) is 6.21. The van der Waals surface area contributed by atoms with Gasteiger partial charge in [0.2, 0.25) is 5.79 Å². The summed E-state index contributed by atoms with van der Waals surface area (Å²) in [4.78, 5) is 72.0. The van der Waals surface area contributed by atoms with E-state index in [1.54, 1.807) is 35.2 Å². The van der Waals surface area contributed by atoms with Crippen LogP contribution < -0.4 is 5.32 Å². The van der Waals surface area contributed by atoms with Gasteiger partial charge < -0.3 is 86.7 Å². The van der Waals surface area contributed by atoms with Crippen LogP contribution in [0, 0.1) is 35.5 Å². The predicted molar refractivity (Wildman–Crippen MR) is 345 cm³/mol. The van der Waals surface area contributed by atoms with Gasteiger partial charge in [0.05, 0.1) is 110 Å². The van der Waals surface area contributed by atoms with Crippen molar-refractivity contribution < 1.29 is 101 Å². The molecule has 4 aliphatic rings. The number of ketones is 2. The van der Waals surface area contributed by atoms with Crippen molar-refractivity contribution in [2.24, 2.45) is 35.5 Å². The summed E-state index contributed by atoms with van der Waals surface area (Å²) < 4.78 is 80.9. The molecule has 1 saturated carbocycles. The van der Waals surface area contributed by atoms with Gasteiger partial charge in [0.1, 0.15) is 30.5 Å². The maximum Gasteiger partial charge on any atom is 0.407 e. The van der Waals surface area contributed by atoms with E-state index in [-0.39, 0.29) is 62.0 Å². The largest absolute Gasteiger partial charge is 0.460 e. The molecule has 2 amide bonds. The van der Waals surface area contributed by atoms with Gasteiger partial charge in [0.15, 0.2) is 5.78 Å². The number of hydrogen-bond donors (Lipinski definition) is 3. The number of carbonyl (C=O) groups excluding carboxylic acids is 5. The zero-order valence-electron chi connectivity index (χ0n) is 57.5. The van der Waals surface area contributed by atoms with E-state index in [2.05, 4.69) is 5.32 Å². The van der Waals surface area contributed by atoms with Gasteiger partial charge >= 0.3 is 12.1 Å². The summed E-state index contributed by atoms with van der Waals surface area (Å²) in [6.07, 6.45) is 10.9. The van der Waals surface area contributed by atoms with Gasteiger partial charge in [-0.15, -0.1) is 0 Å². The first-order chi connectivity index (χ1) is 44.2. The highest BCUT2D eigenvalue weighted by Crippen LogP contribution is 2.38. The van der Waals surface area contributed by atoms with Crippen LogP contribution in [0.5, 0.6) is 0 Å². The van der Waals surface area contributed by atoms with Crippen molar-refractivity contribution in [2.75, 3.05) is 134 Å². The molecule has 0 aromatic carbocycles. The molecule has 4 rings (SSSR count). The Kier molecular flexibility index (Phi) is 39.0. The number of alkyl carbamates (subject to hydrolysis) is 1. The van der Waals surface area contributed by atoms with Crippen molar-refractivity contribution in [3.63, 3.8) is 0 Å². The zero-order chi connectivity index (χ0) is 67.4. The number of Topliss-reactive ketones (excluding diaryl/α,β-unsaturated/α-hetero) is 2. The molecule has 0 aromatic heterocycles. The Morgan fingerprint density at radius 1 is 0.685 bits per heavy atom. The van der Waals surface area contributed by atoms with Crippen LogP contribution in [0.4, 0.5) is 4.79 Å². The lowest BCUT2D eigenvalue weighted by molar-refractivity contribution is -0.265. The lowest BCUT2D eigenvalue weighted by atomic mass is 9.78. The minimum absolute atomic E-state index is 0.00377. The van der Waals surface area contributed by atoms with E-state index in [4.69, 9.17) is 66.3 Å². The molecule has 2 bridgehead atoms. The van der Waals surface area contributed by atoms with Crippen LogP contribution in [0.15, 0.2) is 47.6 Å². The second kappa shape index (κ2) is 44.6. The molecule has 92 heavy (non-hydrogen) atoms. The molecule has 2 saturated heterocycles. The standard InChI is InChI=1S/C69H116N2O21/c1-13-83-29-30-85-33-34-87-37-38-89-40-39-88-36-35-86-32-31-84-28-26-70-68(77)91-57-25-23-54(44-61(57)81-11)43-50(5)60-46-59(80-10)49(4)42-52(7)64(82-12)63(73)62(72)51(6)41-47(2)19-15-14-16-20-48(3)58(79-9)45-55-24-22-53(8)69(78,92-55)65(74)66(75)71-27-18-17-21-56(71)67(76)90-60/h14-16,19-20,42,47,49-51,53-61,63-64,73,78H,13,17-18,21-41,43-46H2,1-12H3,(H,70,77)/b16-14+,19-15+,48-20+,52-42+/t47-,49?,50-,51-,53-,54+,55+,56+,57-,58+,59-,60+,61-,63+,64-,69-/m1/s1. The monoisotopic (exact) mass is 1310 g/mol. The van der Waals surface area contributed by atoms with E-state index < -0.39 is 96.2 Å². The number of carbonyl (C=O) groups is 5. The van der Waals surface area contributed by atoms with Gasteiger partial charge in [-0.3, -0.25) is 14.4 Å². The first-order valence-corrected chi connectivity index (χ1v) is 33.7. The molecule has 3 fully saturated rings. The number of ether oxygens (including phenoxy) is 14. The molecule has 3 heterocycles. The Hall–Kier alpha value is -4.05. The quantitative estimate of drug-likeness (QED) is 0.0272. The summed E-state index contributed by atoms with van der Waals surface area (Å²) in [6.45, 7) is 21.9. The number of cyclic esters (lactones) is 1. The van der Waals surface area contributed by atoms with Crippen LogP contribution in [0.1, 0.15) is 132 Å². The summed E-state index contributed by atoms with van der Waals surface area (Å²) >= 11 is 0. The molecule has 0 aromatic rings. The van der Waals surface area contributed by atoms with E-state index >= 15 is 0 Å². The second-order valence-corrected chi connectivity index (χ2v) is 25.2. The van der Waals surface area contributed by atoms with Gasteiger partial charge in [-0.05, 0) is 114 Å². The number of hydrogen-bond acceptors (Lipinski definition) is 21. The number of methoxy groups -OCH3 is 4. The minimum Gasteiger partial charge on any atom is -0.460 e. The molecule has 528 valence electrons. The first-order valence-electron chi connectivity index (χ1n) is 33.7. The van der Waals surface area contributed by atoms with E-state index in [1.165, 1.54) is 12.0 Å². The number of piperidine rings is 1. The third-order valence-electron chi connectivity index (χ3n) is 18.1. The summed E-state index contributed by atoms with van der Waals surface area (Å²) in [5.41, 5.74) is 1.50. The Labute approximate surface area is 548 Å². The van der Waals surface area contributed by atoms with Crippen LogP contribution in [-0.2, 0) is 85.5 Å². The number of fused-ring (bicyclic) bond motifs is 3. The molecular formula is C69H116N2O21. The van der Waals surface area contributed by atoms with Crippen molar-refractivity contribution in [1.29, 1.82) is 0 Å². The molecule has 1 aliphatic carbocycles. The maximum absolute atomic E-state index is 14.8. The van der Waals surface area contributed by atoms with Gasteiger partial charge in [-0.25, -0.2) is 9.59 Å². The Morgan fingerprint density at radius 3 is 1.88 bits per heavy atom. The Bertz CT molecular complexity index is 2270. The average molecular weight is 1310 g/mol. The molecule has 3 aliphatic heterocycles. The number of aliphatic hydroxyl groups is 2. The number of amides is 2. The maximum atomic E-state index is 14.8. The highest BCUT2D eigenvalue weighted by atomic mass is 16.6. The third kappa shape index (κ3) is 27.6. The highest BCUT2D eigenvalue weighted by Gasteiger charge is 2.53. The summed E-state index contributed by atoms with van der Waals surface area (Å²) in [5.74, 6) is -7.35. The normalized spacial score (nSPS) is 32.7. The van der Waals surface area contributed by atoms with Crippen LogP contribution in [0.25, 0.3) is 0 Å². The van der Waals surface area contributed by atoms with E-state index in [0.29, 0.717) is 156 Å². The van der Waals surface area contributed by atoms with Crippen LogP contribution in [0.2, 0.25) is 0 Å². The van der Waals surface area contributed by atoms with E-state index in [0.717, 1.165) is 5.57 Å². The molecule has 0 spiro atoms. The molecule has 16 atom stereocenters. The fourth-order valence-electron chi connectivity index (χ4n) is 12.6. The van der Waals surface area contributed by atoms with Crippen molar-refractivity contribution >= 4 is 29.5 Å². The predicted octanol–water partition coefficient (Wildman–Crippen LogP) is 7.50. The molecule has 23 nitrogen and oxygen atoms in total. The van der Waals surface area contributed by atoms with Gasteiger partial charge in [0, 0.05) is 78.7 Å². The SMILES string of the molecule is CCOCCOCCOCCOCCOCCOCCOCCNC(=O)O[C@@H]1CC[C@@H](C[C@@H](C)[C@@H]2C[C@@H](OC)C(C)/C=C(\C)[C@@H](OC)[C@@H](O)C(=O)[C@H](C)C[C@H](C)/C=C/C=C/C=C(\C)[C@@H](OC)C[C@@H]3CC[C@@H](C)[C@@](O)(O3)C(=O)C(=O)N3CCCC[C@H]3C(=O)O2)C[C@H]1OC. The molecular weight excluding hydrogens is 1190 g/mol.